The summed E-state index contributed by atoms with van der Waals surface area (Å²) in [6.07, 6.45) is 1.75. The van der Waals surface area contributed by atoms with Gasteiger partial charge in [0.05, 0.1) is 18.6 Å². The summed E-state index contributed by atoms with van der Waals surface area (Å²) in [4.78, 5) is 23.3. The van der Waals surface area contributed by atoms with Gasteiger partial charge in [0.25, 0.3) is 0 Å². The van der Waals surface area contributed by atoms with E-state index in [0.717, 1.165) is 11.1 Å². The summed E-state index contributed by atoms with van der Waals surface area (Å²) in [5.41, 5.74) is 2.28. The van der Waals surface area contributed by atoms with E-state index in [2.05, 4.69) is 5.32 Å². The van der Waals surface area contributed by atoms with Crippen LogP contribution in [0.5, 0.6) is 0 Å². The molecule has 1 atom stereocenters. The maximum absolute atomic E-state index is 12.2. The molecule has 2 aromatic rings. The molecule has 1 amide bonds. The van der Waals surface area contributed by atoms with E-state index in [0.29, 0.717) is 11.4 Å². The Labute approximate surface area is 133 Å². The van der Waals surface area contributed by atoms with Crippen molar-refractivity contribution < 1.29 is 19.4 Å². The molecule has 0 spiro atoms. The molecule has 0 bridgehead atoms. The zero-order chi connectivity index (χ0) is 16.4. The smallest absolute Gasteiger partial charge is 0.335 e. The zero-order valence-corrected chi connectivity index (χ0v) is 12.4. The highest BCUT2D eigenvalue weighted by atomic mass is 16.5. The van der Waals surface area contributed by atoms with Crippen molar-refractivity contribution >= 4 is 23.3 Å². The number of amides is 1. The van der Waals surface area contributed by atoms with Crippen LogP contribution in [0.15, 0.2) is 54.6 Å². The van der Waals surface area contributed by atoms with Crippen molar-refractivity contribution in [1.29, 1.82) is 0 Å². The summed E-state index contributed by atoms with van der Waals surface area (Å²) in [7, 11) is 1.56. The largest absolute Gasteiger partial charge is 0.496 e. The monoisotopic (exact) mass is 309 g/mol. The van der Waals surface area contributed by atoms with Crippen LogP contribution in [0.1, 0.15) is 27.4 Å². The molecular formula is C18H15NO4. The number of ether oxygens (including phenoxy) is 1. The lowest BCUT2D eigenvalue weighted by Crippen LogP contribution is -2.10. The minimum atomic E-state index is -1.03. The van der Waals surface area contributed by atoms with Gasteiger partial charge in [-0.05, 0) is 23.8 Å². The van der Waals surface area contributed by atoms with E-state index in [-0.39, 0.29) is 11.5 Å². The number of nitrogens with one attached hydrogen (secondary N) is 1. The summed E-state index contributed by atoms with van der Waals surface area (Å²) >= 11 is 0. The molecule has 1 heterocycles. The normalized spacial score (nSPS) is 16.7. The van der Waals surface area contributed by atoms with Crippen molar-refractivity contribution in [2.24, 2.45) is 0 Å². The Morgan fingerprint density at radius 1 is 1.17 bits per heavy atom. The van der Waals surface area contributed by atoms with Crippen molar-refractivity contribution in [3.8, 4) is 0 Å². The number of aromatic carboxylic acids is 1. The number of fused-ring (bicyclic) bond motifs is 1. The average Bonchev–Trinajstić information content (AvgIpc) is 2.87. The Morgan fingerprint density at radius 3 is 2.57 bits per heavy atom. The van der Waals surface area contributed by atoms with Gasteiger partial charge in [0.15, 0.2) is 0 Å². The first kappa shape index (κ1) is 14.8. The number of benzene rings is 2. The third kappa shape index (κ3) is 2.81. The highest BCUT2D eigenvalue weighted by molar-refractivity contribution is 6.06. The van der Waals surface area contributed by atoms with Crippen molar-refractivity contribution in [2.75, 3.05) is 12.4 Å². The second-order valence-corrected chi connectivity index (χ2v) is 5.18. The van der Waals surface area contributed by atoms with Gasteiger partial charge in [0.2, 0.25) is 5.91 Å². The van der Waals surface area contributed by atoms with Crippen LogP contribution in [0.25, 0.3) is 5.76 Å². The SMILES string of the molecule is COC(=CC1C(=O)Nc2cc(C(=O)O)ccc21)c1ccccc1. The fourth-order valence-corrected chi connectivity index (χ4v) is 2.62. The van der Waals surface area contributed by atoms with Crippen molar-refractivity contribution in [2.45, 2.75) is 5.92 Å². The molecule has 3 rings (SSSR count). The Hall–Kier alpha value is -3.08. The van der Waals surface area contributed by atoms with Crippen LogP contribution in [-0.2, 0) is 9.53 Å². The molecule has 0 fully saturated rings. The molecular weight excluding hydrogens is 294 g/mol. The molecule has 5 heteroatoms. The number of carbonyl (C=O) groups excluding carboxylic acids is 1. The maximum Gasteiger partial charge on any atom is 0.335 e. The number of hydrogen-bond donors (Lipinski definition) is 2. The molecule has 23 heavy (non-hydrogen) atoms. The zero-order valence-electron chi connectivity index (χ0n) is 12.4. The average molecular weight is 309 g/mol. The van der Waals surface area contributed by atoms with Crippen LogP contribution >= 0.6 is 0 Å². The van der Waals surface area contributed by atoms with E-state index >= 15 is 0 Å². The van der Waals surface area contributed by atoms with Crippen molar-refractivity contribution in [3.63, 3.8) is 0 Å². The molecule has 0 saturated heterocycles. The topological polar surface area (TPSA) is 75.6 Å². The third-order valence-electron chi connectivity index (χ3n) is 3.77. The van der Waals surface area contributed by atoms with E-state index in [1.807, 2.05) is 30.3 Å². The first-order chi connectivity index (χ1) is 11.1. The van der Waals surface area contributed by atoms with Crippen LogP contribution in [0.3, 0.4) is 0 Å². The number of carboxylic acids is 1. The quantitative estimate of drug-likeness (QED) is 0.851. The van der Waals surface area contributed by atoms with Gasteiger partial charge >= 0.3 is 5.97 Å². The predicted octanol–water partition coefficient (Wildman–Crippen LogP) is 3.11. The van der Waals surface area contributed by atoms with Crippen LogP contribution in [0, 0.1) is 0 Å². The first-order valence-electron chi connectivity index (χ1n) is 7.09. The maximum atomic E-state index is 12.2. The molecule has 116 valence electrons. The van der Waals surface area contributed by atoms with Gasteiger partial charge in [-0.2, -0.15) is 0 Å². The summed E-state index contributed by atoms with van der Waals surface area (Å²) < 4.78 is 5.41. The van der Waals surface area contributed by atoms with Crippen LogP contribution in [0.2, 0.25) is 0 Å². The molecule has 1 aliphatic heterocycles. The van der Waals surface area contributed by atoms with E-state index in [9.17, 15) is 9.59 Å². The second-order valence-electron chi connectivity index (χ2n) is 5.18. The molecule has 0 aliphatic carbocycles. The van der Waals surface area contributed by atoms with Gasteiger partial charge in [-0.1, -0.05) is 36.4 Å². The van der Waals surface area contributed by atoms with Gasteiger partial charge in [-0.3, -0.25) is 4.79 Å². The van der Waals surface area contributed by atoms with E-state index in [1.54, 1.807) is 19.3 Å². The summed E-state index contributed by atoms with van der Waals surface area (Å²) in [5, 5.41) is 11.8. The van der Waals surface area contributed by atoms with Gasteiger partial charge in [-0.15, -0.1) is 0 Å². The molecule has 0 saturated carbocycles. The summed E-state index contributed by atoms with van der Waals surface area (Å²) in [6.45, 7) is 0. The number of methoxy groups -OCH3 is 1. The minimum Gasteiger partial charge on any atom is -0.496 e. The van der Waals surface area contributed by atoms with E-state index in [4.69, 9.17) is 9.84 Å². The second kappa shape index (κ2) is 5.96. The number of hydrogen-bond acceptors (Lipinski definition) is 3. The number of carbonyl (C=O) groups is 2. The molecule has 1 unspecified atom stereocenters. The fourth-order valence-electron chi connectivity index (χ4n) is 2.62. The third-order valence-corrected chi connectivity index (χ3v) is 3.77. The number of rotatable bonds is 4. The minimum absolute atomic E-state index is 0.142. The lowest BCUT2D eigenvalue weighted by molar-refractivity contribution is -0.116. The van der Waals surface area contributed by atoms with Crippen molar-refractivity contribution in [1.82, 2.24) is 0 Å². The number of carboxylic acid groups (broad SMARTS) is 1. The molecule has 5 nitrogen and oxygen atoms in total. The van der Waals surface area contributed by atoms with Gasteiger partial charge in [0, 0.05) is 11.3 Å². The summed E-state index contributed by atoms with van der Waals surface area (Å²) in [6, 6.07) is 14.1. The van der Waals surface area contributed by atoms with E-state index in [1.165, 1.54) is 12.1 Å². The highest BCUT2D eigenvalue weighted by Crippen LogP contribution is 2.36. The molecule has 0 radical (unpaired) electrons. The molecule has 2 aromatic carbocycles. The van der Waals surface area contributed by atoms with Crippen LogP contribution in [0.4, 0.5) is 5.69 Å². The Morgan fingerprint density at radius 2 is 1.91 bits per heavy atom. The van der Waals surface area contributed by atoms with Crippen molar-refractivity contribution in [3.05, 3.63) is 71.3 Å². The predicted molar refractivity (Wildman–Crippen MR) is 86.2 cm³/mol. The highest BCUT2D eigenvalue weighted by Gasteiger charge is 2.30. The van der Waals surface area contributed by atoms with Crippen LogP contribution in [-0.4, -0.2) is 24.1 Å². The van der Waals surface area contributed by atoms with E-state index < -0.39 is 11.9 Å². The lowest BCUT2D eigenvalue weighted by Gasteiger charge is -2.09. The van der Waals surface area contributed by atoms with Gasteiger partial charge in [0.1, 0.15) is 5.76 Å². The molecule has 0 aromatic heterocycles. The fraction of sp³-hybridized carbons (Fsp3) is 0.111. The first-order valence-corrected chi connectivity index (χ1v) is 7.09. The Bertz CT molecular complexity index is 796. The van der Waals surface area contributed by atoms with Gasteiger partial charge in [-0.25, -0.2) is 4.79 Å². The lowest BCUT2D eigenvalue weighted by atomic mass is 9.97. The van der Waals surface area contributed by atoms with Gasteiger partial charge < -0.3 is 15.2 Å². The molecule has 1 aliphatic rings. The Balaban J connectivity index is 2.00. The number of anilines is 1. The Kier molecular flexibility index (Phi) is 3.85. The molecule has 2 N–H and O–H groups in total. The standard InChI is InChI=1S/C18H15NO4/c1-23-16(11-5-3-2-4-6-11)10-14-13-8-7-12(18(21)22)9-15(13)19-17(14)20/h2-10,14H,1H3,(H,19,20)(H,21,22). The summed E-state index contributed by atoms with van der Waals surface area (Å²) in [5.74, 6) is -1.14. The van der Waals surface area contributed by atoms with Crippen LogP contribution < -0.4 is 5.32 Å².